The van der Waals surface area contributed by atoms with Crippen molar-refractivity contribution >= 4 is 15.9 Å². The van der Waals surface area contributed by atoms with Crippen molar-refractivity contribution in [1.29, 1.82) is 0 Å². The smallest absolute Gasteiger partial charge is 0.162 e. The van der Waals surface area contributed by atoms with Gasteiger partial charge in [0.05, 0.1) is 0 Å². The number of benzene rings is 1. The van der Waals surface area contributed by atoms with Crippen LogP contribution in [0.4, 0.5) is 0 Å². The second-order valence-electron chi connectivity index (χ2n) is 6.25. The van der Waals surface area contributed by atoms with E-state index < -0.39 is 0 Å². The molecule has 2 unspecified atom stereocenters. The molecule has 114 valence electrons. The predicted molar refractivity (Wildman–Crippen MR) is 85.0 cm³/mol. The number of nitrogens with one attached hydrogen (secondary N) is 1. The highest BCUT2D eigenvalue weighted by atomic mass is 79.9. The van der Waals surface area contributed by atoms with Crippen molar-refractivity contribution in [2.24, 2.45) is 0 Å². The van der Waals surface area contributed by atoms with Crippen molar-refractivity contribution in [2.45, 2.75) is 37.9 Å². The van der Waals surface area contributed by atoms with Crippen molar-refractivity contribution < 1.29 is 9.47 Å². The van der Waals surface area contributed by atoms with Crippen LogP contribution in [0.25, 0.3) is 0 Å². The van der Waals surface area contributed by atoms with Crippen LogP contribution in [0.2, 0.25) is 0 Å². The van der Waals surface area contributed by atoms with Crippen LogP contribution >= 0.6 is 15.9 Å². The van der Waals surface area contributed by atoms with Gasteiger partial charge in [0.25, 0.3) is 0 Å². The molecular formula is C16H21BrN2O2. The van der Waals surface area contributed by atoms with Crippen LogP contribution in [-0.4, -0.2) is 43.3 Å². The maximum Gasteiger partial charge on any atom is 0.162 e. The van der Waals surface area contributed by atoms with Gasteiger partial charge in [0.2, 0.25) is 0 Å². The Labute approximate surface area is 133 Å². The summed E-state index contributed by atoms with van der Waals surface area (Å²) in [5.74, 6) is 1.74. The lowest BCUT2D eigenvalue weighted by atomic mass is 10.1. The molecule has 0 aromatic heterocycles. The summed E-state index contributed by atoms with van der Waals surface area (Å²) in [7, 11) is 0. The van der Waals surface area contributed by atoms with Crippen molar-refractivity contribution in [1.82, 2.24) is 10.2 Å². The summed E-state index contributed by atoms with van der Waals surface area (Å²) >= 11 is 3.68. The summed E-state index contributed by atoms with van der Waals surface area (Å²) in [6, 6.07) is 5.60. The lowest BCUT2D eigenvalue weighted by Gasteiger charge is -2.26. The van der Waals surface area contributed by atoms with Gasteiger partial charge in [0.15, 0.2) is 11.5 Å². The second kappa shape index (κ2) is 5.78. The first kappa shape index (κ1) is 13.9. The van der Waals surface area contributed by atoms with E-state index in [1.54, 1.807) is 0 Å². The minimum Gasteiger partial charge on any atom is -0.486 e. The third kappa shape index (κ3) is 2.91. The summed E-state index contributed by atoms with van der Waals surface area (Å²) in [5, 5.41) is 3.74. The minimum atomic E-state index is 0.639. The molecule has 4 rings (SSSR count). The average Bonchev–Trinajstić information content (AvgIpc) is 2.82. The van der Waals surface area contributed by atoms with Crippen LogP contribution in [0.5, 0.6) is 11.5 Å². The maximum absolute atomic E-state index is 5.71. The largest absolute Gasteiger partial charge is 0.486 e. The molecule has 5 heteroatoms. The maximum atomic E-state index is 5.71. The van der Waals surface area contributed by atoms with Gasteiger partial charge in [-0.2, -0.15) is 0 Å². The first-order valence-electron chi connectivity index (χ1n) is 7.84. The standard InChI is InChI=1S/C16H21BrN2O2/c17-14-8-16-15(20-5-6-21-16)7-11(14)9-19-4-3-12-1-2-13(10-19)18-12/h7-8,12-13,18H,1-6,9-10H2. The van der Waals surface area contributed by atoms with Crippen molar-refractivity contribution in [3.8, 4) is 11.5 Å². The average molecular weight is 353 g/mol. The number of rotatable bonds is 2. The molecule has 0 saturated carbocycles. The van der Waals surface area contributed by atoms with Crippen LogP contribution in [0.15, 0.2) is 16.6 Å². The predicted octanol–water partition coefficient (Wildman–Crippen LogP) is 2.55. The van der Waals surface area contributed by atoms with Crippen LogP contribution in [-0.2, 0) is 6.54 Å². The second-order valence-corrected chi connectivity index (χ2v) is 7.10. The Bertz CT molecular complexity index is 537. The molecule has 2 fully saturated rings. The van der Waals surface area contributed by atoms with Gasteiger partial charge in [0.1, 0.15) is 13.2 Å². The summed E-state index contributed by atoms with van der Waals surface area (Å²) < 4.78 is 12.5. The summed E-state index contributed by atoms with van der Waals surface area (Å²) in [4.78, 5) is 2.56. The molecular weight excluding hydrogens is 332 g/mol. The molecule has 1 N–H and O–H groups in total. The Hall–Kier alpha value is -0.780. The number of fused-ring (bicyclic) bond motifs is 3. The molecule has 2 bridgehead atoms. The van der Waals surface area contributed by atoms with E-state index in [4.69, 9.17) is 9.47 Å². The zero-order chi connectivity index (χ0) is 14.2. The van der Waals surface area contributed by atoms with E-state index in [9.17, 15) is 0 Å². The van der Waals surface area contributed by atoms with E-state index in [0.717, 1.165) is 35.1 Å². The monoisotopic (exact) mass is 352 g/mol. The highest BCUT2D eigenvalue weighted by molar-refractivity contribution is 9.10. The van der Waals surface area contributed by atoms with E-state index in [-0.39, 0.29) is 0 Å². The molecule has 0 amide bonds. The summed E-state index contributed by atoms with van der Waals surface area (Å²) in [6.45, 7) is 4.58. The first-order chi connectivity index (χ1) is 10.3. The Balaban J connectivity index is 1.51. The molecule has 1 aromatic rings. The lowest BCUT2D eigenvalue weighted by molar-refractivity contribution is 0.170. The summed E-state index contributed by atoms with van der Waals surface area (Å²) in [5.41, 5.74) is 1.29. The fourth-order valence-electron chi connectivity index (χ4n) is 3.63. The molecule has 3 aliphatic rings. The Kier molecular flexibility index (Phi) is 3.81. The van der Waals surface area contributed by atoms with Crippen molar-refractivity contribution in [3.63, 3.8) is 0 Å². The molecule has 2 saturated heterocycles. The number of halogens is 1. The van der Waals surface area contributed by atoms with Gasteiger partial charge in [-0.05, 0) is 37.0 Å². The number of likely N-dealkylation sites (tertiary alicyclic amines) is 1. The van der Waals surface area contributed by atoms with E-state index in [0.29, 0.717) is 19.3 Å². The number of hydrogen-bond donors (Lipinski definition) is 1. The molecule has 3 heterocycles. The number of hydrogen-bond acceptors (Lipinski definition) is 4. The van der Waals surface area contributed by atoms with Gasteiger partial charge in [-0.1, -0.05) is 15.9 Å². The van der Waals surface area contributed by atoms with Crippen LogP contribution in [0.1, 0.15) is 24.8 Å². The Morgan fingerprint density at radius 3 is 2.71 bits per heavy atom. The van der Waals surface area contributed by atoms with Crippen molar-refractivity contribution in [2.75, 3.05) is 26.3 Å². The van der Waals surface area contributed by atoms with Crippen molar-refractivity contribution in [3.05, 3.63) is 22.2 Å². The van der Waals surface area contributed by atoms with Crippen LogP contribution in [0, 0.1) is 0 Å². The molecule has 4 nitrogen and oxygen atoms in total. The lowest BCUT2D eigenvalue weighted by Crippen LogP contribution is -2.35. The quantitative estimate of drug-likeness (QED) is 0.886. The Morgan fingerprint density at radius 2 is 1.86 bits per heavy atom. The van der Waals surface area contributed by atoms with Gasteiger partial charge < -0.3 is 14.8 Å². The third-order valence-electron chi connectivity index (χ3n) is 4.71. The molecule has 3 aliphatic heterocycles. The van der Waals surface area contributed by atoms with Gasteiger partial charge in [0, 0.05) is 36.2 Å². The van der Waals surface area contributed by atoms with Crippen LogP contribution < -0.4 is 14.8 Å². The molecule has 21 heavy (non-hydrogen) atoms. The topological polar surface area (TPSA) is 33.7 Å². The van der Waals surface area contributed by atoms with E-state index in [1.807, 2.05) is 6.07 Å². The van der Waals surface area contributed by atoms with Gasteiger partial charge in [-0.25, -0.2) is 0 Å². The fourth-order valence-corrected chi connectivity index (χ4v) is 4.07. The first-order valence-corrected chi connectivity index (χ1v) is 8.63. The highest BCUT2D eigenvalue weighted by Gasteiger charge is 2.29. The molecule has 0 spiro atoms. The highest BCUT2D eigenvalue weighted by Crippen LogP contribution is 2.36. The molecule has 2 atom stereocenters. The normalized spacial score (nSPS) is 28.4. The van der Waals surface area contributed by atoms with E-state index >= 15 is 0 Å². The summed E-state index contributed by atoms with van der Waals surface area (Å²) in [6.07, 6.45) is 3.94. The SMILES string of the molecule is Brc1cc2c(cc1CN1CCC3CCC(C1)N3)OCCO2. The minimum absolute atomic E-state index is 0.639. The zero-order valence-electron chi connectivity index (χ0n) is 12.1. The van der Waals surface area contributed by atoms with Gasteiger partial charge >= 0.3 is 0 Å². The van der Waals surface area contributed by atoms with Crippen LogP contribution in [0.3, 0.4) is 0 Å². The van der Waals surface area contributed by atoms with Gasteiger partial charge in [-0.15, -0.1) is 0 Å². The van der Waals surface area contributed by atoms with E-state index in [1.165, 1.54) is 31.4 Å². The third-order valence-corrected chi connectivity index (χ3v) is 5.45. The van der Waals surface area contributed by atoms with Gasteiger partial charge in [-0.3, -0.25) is 4.90 Å². The molecule has 0 aliphatic carbocycles. The Morgan fingerprint density at radius 1 is 1.10 bits per heavy atom. The number of nitrogens with zero attached hydrogens (tertiary/aromatic N) is 1. The molecule has 0 radical (unpaired) electrons. The fraction of sp³-hybridized carbons (Fsp3) is 0.625. The molecule has 1 aromatic carbocycles. The number of ether oxygens (including phenoxy) is 2. The van der Waals surface area contributed by atoms with E-state index in [2.05, 4.69) is 32.2 Å². The zero-order valence-corrected chi connectivity index (χ0v) is 13.7.